The van der Waals surface area contributed by atoms with Gasteiger partial charge < -0.3 is 10.4 Å². The van der Waals surface area contributed by atoms with Gasteiger partial charge in [-0.2, -0.15) is 0 Å². The van der Waals surface area contributed by atoms with Gasteiger partial charge >= 0.3 is 0 Å². The van der Waals surface area contributed by atoms with Crippen LogP contribution in [-0.2, 0) is 10.4 Å². The Kier molecular flexibility index (Phi) is 5.78. The highest BCUT2D eigenvalue weighted by Crippen LogP contribution is 2.51. The third kappa shape index (κ3) is 3.77. The Morgan fingerprint density at radius 3 is 2.58 bits per heavy atom. The lowest BCUT2D eigenvalue weighted by atomic mass is 9.65. The van der Waals surface area contributed by atoms with Crippen molar-refractivity contribution in [3.8, 4) is 0 Å². The first-order chi connectivity index (χ1) is 15.8. The van der Waals surface area contributed by atoms with Gasteiger partial charge in [-0.25, -0.2) is 8.78 Å². The lowest BCUT2D eigenvalue weighted by Gasteiger charge is -2.53. The lowest BCUT2D eigenvalue weighted by Crippen LogP contribution is -2.60. The maximum atomic E-state index is 14.0. The molecule has 5 rings (SSSR count). The second-order valence-electron chi connectivity index (χ2n) is 10.2. The molecule has 2 saturated heterocycles. The van der Waals surface area contributed by atoms with E-state index >= 15 is 0 Å². The van der Waals surface area contributed by atoms with E-state index in [0.717, 1.165) is 24.8 Å². The Morgan fingerprint density at radius 2 is 1.85 bits per heavy atom. The molecule has 176 valence electrons. The molecule has 2 heterocycles. The fraction of sp³-hybridized carbons (Fsp3) is 0.519. The highest BCUT2D eigenvalue weighted by atomic mass is 19.1. The first-order valence-electron chi connectivity index (χ1n) is 12.1. The summed E-state index contributed by atoms with van der Waals surface area (Å²) in [6, 6.07) is 12.8. The van der Waals surface area contributed by atoms with E-state index in [2.05, 4.69) is 17.1 Å². The van der Waals surface area contributed by atoms with Gasteiger partial charge in [0.25, 0.3) is 0 Å². The number of carbonyl (C=O) groups excluding carboxylic acids is 1. The Bertz CT molecular complexity index is 1030. The number of halogens is 2. The van der Waals surface area contributed by atoms with Crippen molar-refractivity contribution in [2.24, 2.45) is 5.41 Å². The van der Waals surface area contributed by atoms with Crippen LogP contribution in [0.4, 0.5) is 8.78 Å². The van der Waals surface area contributed by atoms with Crippen LogP contribution in [0.1, 0.15) is 62.5 Å². The Balaban J connectivity index is 1.42. The molecule has 33 heavy (non-hydrogen) atoms. The second kappa shape index (κ2) is 8.48. The number of hydrogen-bond donors (Lipinski definition) is 2. The van der Waals surface area contributed by atoms with Gasteiger partial charge in [-0.1, -0.05) is 37.1 Å². The van der Waals surface area contributed by atoms with Crippen LogP contribution in [0, 0.1) is 17.0 Å². The van der Waals surface area contributed by atoms with Crippen LogP contribution in [0.2, 0.25) is 0 Å². The van der Waals surface area contributed by atoms with Gasteiger partial charge in [-0.05, 0) is 74.5 Å². The molecular weight excluding hydrogens is 422 g/mol. The summed E-state index contributed by atoms with van der Waals surface area (Å²) < 4.78 is 27.5. The van der Waals surface area contributed by atoms with Crippen LogP contribution in [-0.4, -0.2) is 41.1 Å². The van der Waals surface area contributed by atoms with Gasteiger partial charge in [-0.3, -0.25) is 9.69 Å². The predicted octanol–water partition coefficient (Wildman–Crippen LogP) is 4.48. The van der Waals surface area contributed by atoms with E-state index in [1.54, 1.807) is 18.2 Å². The normalized spacial score (nSPS) is 35.0. The number of piperidine rings is 1. The molecule has 0 bridgehead atoms. The Morgan fingerprint density at radius 1 is 1.06 bits per heavy atom. The molecule has 1 aliphatic carbocycles. The van der Waals surface area contributed by atoms with Crippen molar-refractivity contribution in [3.63, 3.8) is 0 Å². The Labute approximate surface area is 194 Å². The van der Waals surface area contributed by atoms with E-state index < -0.39 is 11.0 Å². The first kappa shape index (κ1) is 22.5. The zero-order valence-electron chi connectivity index (χ0n) is 19.1. The molecule has 3 aliphatic rings. The summed E-state index contributed by atoms with van der Waals surface area (Å²) in [4.78, 5) is 15.5. The quantitative estimate of drug-likeness (QED) is 0.719. The summed E-state index contributed by atoms with van der Waals surface area (Å²) in [5.74, 6) is -0.529. The number of amides is 1. The van der Waals surface area contributed by atoms with E-state index in [0.29, 0.717) is 37.9 Å². The SMILES string of the molecule is CC1CC2(CCN1C1CCCCC1(O)c1cccc(F)c1)C(=O)NCC2c1ccc(F)cc1. The molecule has 1 amide bonds. The van der Waals surface area contributed by atoms with E-state index in [-0.39, 0.29) is 35.5 Å². The number of hydrogen-bond acceptors (Lipinski definition) is 3. The van der Waals surface area contributed by atoms with Crippen LogP contribution < -0.4 is 5.32 Å². The van der Waals surface area contributed by atoms with E-state index in [1.165, 1.54) is 24.3 Å². The largest absolute Gasteiger partial charge is 0.384 e. The number of benzene rings is 2. The molecule has 1 saturated carbocycles. The van der Waals surface area contributed by atoms with E-state index in [9.17, 15) is 18.7 Å². The minimum atomic E-state index is -1.10. The molecule has 3 fully saturated rings. The van der Waals surface area contributed by atoms with Crippen molar-refractivity contribution >= 4 is 5.91 Å². The van der Waals surface area contributed by atoms with Crippen molar-refractivity contribution in [1.29, 1.82) is 0 Å². The van der Waals surface area contributed by atoms with Crippen LogP contribution in [0.15, 0.2) is 48.5 Å². The summed E-state index contributed by atoms with van der Waals surface area (Å²) in [6.45, 7) is 3.39. The minimum Gasteiger partial charge on any atom is -0.384 e. The topological polar surface area (TPSA) is 52.6 Å². The summed E-state index contributed by atoms with van der Waals surface area (Å²) in [5, 5.41) is 14.9. The number of nitrogens with zero attached hydrogens (tertiary/aromatic N) is 1. The smallest absolute Gasteiger partial charge is 0.227 e. The van der Waals surface area contributed by atoms with Crippen molar-refractivity contribution in [3.05, 3.63) is 71.3 Å². The molecule has 2 aliphatic heterocycles. The molecule has 4 nitrogen and oxygen atoms in total. The van der Waals surface area contributed by atoms with Crippen LogP contribution in [0.5, 0.6) is 0 Å². The third-order valence-electron chi connectivity index (χ3n) is 8.46. The van der Waals surface area contributed by atoms with Gasteiger partial charge in [-0.15, -0.1) is 0 Å². The predicted molar refractivity (Wildman–Crippen MR) is 123 cm³/mol. The number of carbonyl (C=O) groups is 1. The lowest BCUT2D eigenvalue weighted by molar-refractivity contribution is -0.138. The molecular formula is C27H32F2N2O2. The Hall–Kier alpha value is -2.31. The van der Waals surface area contributed by atoms with Crippen molar-refractivity contribution < 1.29 is 18.7 Å². The minimum absolute atomic E-state index is 0.00339. The molecule has 5 unspecified atom stereocenters. The van der Waals surface area contributed by atoms with Gasteiger partial charge in [0.05, 0.1) is 5.41 Å². The van der Waals surface area contributed by atoms with Crippen molar-refractivity contribution in [2.75, 3.05) is 13.1 Å². The average Bonchev–Trinajstić information content (AvgIpc) is 3.10. The fourth-order valence-corrected chi connectivity index (χ4v) is 6.81. The summed E-state index contributed by atoms with van der Waals surface area (Å²) in [6.07, 6.45) is 4.74. The maximum Gasteiger partial charge on any atom is 0.227 e. The van der Waals surface area contributed by atoms with Crippen LogP contribution >= 0.6 is 0 Å². The number of rotatable bonds is 3. The highest BCUT2D eigenvalue weighted by Gasteiger charge is 2.56. The zero-order valence-corrected chi connectivity index (χ0v) is 19.1. The van der Waals surface area contributed by atoms with Gasteiger partial charge in [0.1, 0.15) is 17.2 Å². The summed E-state index contributed by atoms with van der Waals surface area (Å²) in [7, 11) is 0. The van der Waals surface area contributed by atoms with Crippen molar-refractivity contribution in [2.45, 2.75) is 69.1 Å². The number of nitrogens with one attached hydrogen (secondary N) is 1. The summed E-state index contributed by atoms with van der Waals surface area (Å²) in [5.41, 5.74) is -0.000840. The fourth-order valence-electron chi connectivity index (χ4n) is 6.81. The molecule has 6 heteroatoms. The van der Waals surface area contributed by atoms with Crippen LogP contribution in [0.25, 0.3) is 0 Å². The maximum absolute atomic E-state index is 14.0. The van der Waals surface area contributed by atoms with E-state index in [1.807, 2.05) is 6.07 Å². The standard InChI is InChI=1S/C27H32F2N2O2/c1-18-16-26(23(17-30-25(26)32)19-8-10-21(28)11-9-19)13-14-31(18)24-7-2-3-12-27(24,33)20-5-4-6-22(29)15-20/h4-6,8-11,15,18,23-24,33H,2-3,7,12-14,16-17H2,1H3,(H,30,32). The van der Waals surface area contributed by atoms with Crippen LogP contribution in [0.3, 0.4) is 0 Å². The monoisotopic (exact) mass is 454 g/mol. The molecule has 1 spiro atoms. The van der Waals surface area contributed by atoms with Gasteiger partial charge in [0.15, 0.2) is 0 Å². The molecule has 2 N–H and O–H groups in total. The van der Waals surface area contributed by atoms with Crippen molar-refractivity contribution in [1.82, 2.24) is 10.2 Å². The zero-order chi connectivity index (χ0) is 23.2. The number of likely N-dealkylation sites (tertiary alicyclic amines) is 1. The number of aliphatic hydroxyl groups is 1. The molecule has 2 aromatic rings. The van der Waals surface area contributed by atoms with Gasteiger partial charge in [0.2, 0.25) is 5.91 Å². The summed E-state index contributed by atoms with van der Waals surface area (Å²) >= 11 is 0. The molecule has 2 aromatic carbocycles. The molecule has 5 atom stereocenters. The first-order valence-corrected chi connectivity index (χ1v) is 12.1. The average molecular weight is 455 g/mol. The van der Waals surface area contributed by atoms with E-state index in [4.69, 9.17) is 0 Å². The third-order valence-corrected chi connectivity index (χ3v) is 8.46. The molecule has 0 aromatic heterocycles. The second-order valence-corrected chi connectivity index (χ2v) is 10.2. The highest BCUT2D eigenvalue weighted by molar-refractivity contribution is 5.86. The molecule has 0 radical (unpaired) electrons. The van der Waals surface area contributed by atoms with Gasteiger partial charge in [0, 0.05) is 24.5 Å².